The lowest BCUT2D eigenvalue weighted by molar-refractivity contribution is 0.0656. The van der Waals surface area contributed by atoms with Crippen LogP contribution in [-0.4, -0.2) is 27.7 Å². The van der Waals surface area contributed by atoms with Gasteiger partial charge < -0.3 is 4.74 Å². The summed E-state index contributed by atoms with van der Waals surface area (Å²) in [5.41, 5.74) is 2.64. The van der Waals surface area contributed by atoms with Crippen LogP contribution in [0.25, 0.3) is 0 Å². The fraction of sp³-hybridized carbons (Fsp3) is 0.882. The van der Waals surface area contributed by atoms with Gasteiger partial charge in [-0.25, -0.2) is 4.68 Å². The molecule has 1 heterocycles. The number of ether oxygens (including phenoxy) is 1. The van der Waals surface area contributed by atoms with Crippen LogP contribution < -0.4 is 0 Å². The Morgan fingerprint density at radius 2 is 1.86 bits per heavy atom. The van der Waals surface area contributed by atoms with Crippen molar-refractivity contribution in [1.29, 1.82) is 0 Å². The molecule has 0 amide bonds. The third-order valence-corrected chi connectivity index (χ3v) is 5.04. The number of rotatable bonds is 3. The summed E-state index contributed by atoms with van der Waals surface area (Å²) in [5.74, 6) is 2.50. The van der Waals surface area contributed by atoms with Crippen LogP contribution >= 0.6 is 0 Å². The number of aromatic nitrogens is 3. The Morgan fingerprint density at radius 1 is 1.19 bits per heavy atom. The monoisotopic (exact) mass is 291 g/mol. The lowest BCUT2D eigenvalue weighted by atomic mass is 10.00. The molecule has 4 heteroatoms. The molecule has 1 aromatic rings. The number of aryl methyl sites for hydroxylation is 1. The highest BCUT2D eigenvalue weighted by molar-refractivity contribution is 5.16. The van der Waals surface area contributed by atoms with Gasteiger partial charge in [-0.2, -0.15) is 0 Å². The number of fused-ring (bicyclic) bond motifs is 2. The van der Waals surface area contributed by atoms with Gasteiger partial charge in [-0.3, -0.25) is 0 Å². The Labute approximate surface area is 128 Å². The third-order valence-electron chi connectivity index (χ3n) is 5.04. The lowest BCUT2D eigenvalue weighted by Gasteiger charge is -2.22. The molecular weight excluding hydrogens is 262 g/mol. The minimum Gasteiger partial charge on any atom is -0.378 e. The summed E-state index contributed by atoms with van der Waals surface area (Å²) in [7, 11) is 0. The highest BCUT2D eigenvalue weighted by atomic mass is 16.5. The maximum absolute atomic E-state index is 5.84. The Balaban J connectivity index is 1.68. The van der Waals surface area contributed by atoms with Crippen molar-refractivity contribution in [3.8, 4) is 0 Å². The zero-order valence-electron chi connectivity index (χ0n) is 14.1. The zero-order valence-corrected chi connectivity index (χ0v) is 14.1. The van der Waals surface area contributed by atoms with Crippen molar-refractivity contribution in [1.82, 2.24) is 15.0 Å². The minimum absolute atomic E-state index is 0.0306. The zero-order chi connectivity index (χ0) is 15.2. The number of hydrogen-bond acceptors (Lipinski definition) is 3. The summed E-state index contributed by atoms with van der Waals surface area (Å²) in [5, 5.41) is 8.87. The number of nitrogens with zero attached hydrogens (tertiary/aromatic N) is 3. The first-order chi connectivity index (χ1) is 9.88. The van der Waals surface area contributed by atoms with E-state index in [4.69, 9.17) is 4.74 Å². The van der Waals surface area contributed by atoms with Gasteiger partial charge in [0.15, 0.2) is 0 Å². The Hall–Kier alpha value is -0.900. The first kappa shape index (κ1) is 15.0. The molecular formula is C17H29N3O. The van der Waals surface area contributed by atoms with Gasteiger partial charge in [0.2, 0.25) is 0 Å². The second-order valence-electron chi connectivity index (χ2n) is 8.02. The largest absolute Gasteiger partial charge is 0.378 e. The molecule has 4 nitrogen and oxygen atoms in total. The van der Waals surface area contributed by atoms with Crippen molar-refractivity contribution < 1.29 is 4.74 Å². The van der Waals surface area contributed by atoms with Gasteiger partial charge in [0.05, 0.1) is 29.6 Å². The summed E-state index contributed by atoms with van der Waals surface area (Å²) in [6.45, 7) is 11.8. The van der Waals surface area contributed by atoms with E-state index in [1.165, 1.54) is 24.2 Å². The van der Waals surface area contributed by atoms with Crippen molar-refractivity contribution in [2.75, 3.05) is 6.61 Å². The summed E-state index contributed by atoms with van der Waals surface area (Å²) in [4.78, 5) is 0. The van der Waals surface area contributed by atoms with E-state index < -0.39 is 0 Å². The molecule has 0 saturated heterocycles. The van der Waals surface area contributed by atoms with Gasteiger partial charge in [0.1, 0.15) is 0 Å². The van der Waals surface area contributed by atoms with Gasteiger partial charge in [0.25, 0.3) is 0 Å². The van der Waals surface area contributed by atoms with Gasteiger partial charge >= 0.3 is 0 Å². The maximum Gasteiger partial charge on any atom is 0.0859 e. The summed E-state index contributed by atoms with van der Waals surface area (Å²) in [6.07, 6.45) is 5.09. The fourth-order valence-electron chi connectivity index (χ4n) is 3.85. The third kappa shape index (κ3) is 3.01. The molecule has 1 saturated carbocycles. The van der Waals surface area contributed by atoms with E-state index in [1.54, 1.807) is 0 Å². The molecule has 0 N–H and O–H groups in total. The highest BCUT2D eigenvalue weighted by Gasteiger charge is 2.49. The summed E-state index contributed by atoms with van der Waals surface area (Å²) >= 11 is 0. The quantitative estimate of drug-likeness (QED) is 0.858. The van der Waals surface area contributed by atoms with Crippen LogP contribution in [0, 0.1) is 17.8 Å². The van der Waals surface area contributed by atoms with E-state index in [2.05, 4.69) is 49.6 Å². The summed E-state index contributed by atoms with van der Waals surface area (Å²) < 4.78 is 7.99. The molecule has 3 unspecified atom stereocenters. The van der Waals surface area contributed by atoms with Crippen molar-refractivity contribution in [3.05, 3.63) is 11.4 Å². The number of hydrogen-bond donors (Lipinski definition) is 0. The summed E-state index contributed by atoms with van der Waals surface area (Å²) in [6, 6.07) is 0. The van der Waals surface area contributed by atoms with Crippen LogP contribution in [0.15, 0.2) is 0 Å². The molecule has 0 spiro atoms. The SMILES string of the molecule is CC(C)OCC1C2CCc3nnn(C(C)(C)C)c3CCC21. The lowest BCUT2D eigenvalue weighted by Crippen LogP contribution is -2.26. The molecule has 0 aromatic carbocycles. The molecule has 0 aliphatic heterocycles. The molecule has 3 atom stereocenters. The van der Waals surface area contributed by atoms with Crippen LogP contribution in [0.5, 0.6) is 0 Å². The molecule has 1 fully saturated rings. The highest BCUT2D eigenvalue weighted by Crippen LogP contribution is 2.53. The second-order valence-corrected chi connectivity index (χ2v) is 8.02. The fourth-order valence-corrected chi connectivity index (χ4v) is 3.85. The Bertz CT molecular complexity index is 501. The van der Waals surface area contributed by atoms with Crippen LogP contribution in [-0.2, 0) is 23.1 Å². The molecule has 0 bridgehead atoms. The van der Waals surface area contributed by atoms with Crippen LogP contribution in [0.4, 0.5) is 0 Å². The normalized spacial score (nSPS) is 28.8. The molecule has 0 radical (unpaired) electrons. The average molecular weight is 291 g/mol. The molecule has 3 rings (SSSR count). The van der Waals surface area contributed by atoms with E-state index in [0.29, 0.717) is 6.10 Å². The van der Waals surface area contributed by atoms with Crippen molar-refractivity contribution in [3.63, 3.8) is 0 Å². The first-order valence-electron chi connectivity index (χ1n) is 8.43. The standard InChI is InChI=1S/C17H29N3O/c1-11(2)21-10-14-12-6-8-15-16(9-7-13(12)14)20(19-18-15)17(3,4)5/h11-14H,6-10H2,1-5H3. The van der Waals surface area contributed by atoms with Crippen LogP contribution in [0.1, 0.15) is 58.8 Å². The van der Waals surface area contributed by atoms with E-state index in [0.717, 1.165) is 37.2 Å². The van der Waals surface area contributed by atoms with Gasteiger partial charge in [-0.1, -0.05) is 5.21 Å². The Kier molecular flexibility index (Phi) is 3.85. The van der Waals surface area contributed by atoms with Gasteiger partial charge in [-0.15, -0.1) is 5.10 Å². The maximum atomic E-state index is 5.84. The molecule has 2 aliphatic carbocycles. The predicted molar refractivity (Wildman–Crippen MR) is 83.2 cm³/mol. The predicted octanol–water partition coefficient (Wildman–Crippen LogP) is 3.20. The first-order valence-corrected chi connectivity index (χ1v) is 8.43. The second kappa shape index (κ2) is 5.38. The smallest absolute Gasteiger partial charge is 0.0859 e. The van der Waals surface area contributed by atoms with Crippen molar-refractivity contribution in [2.24, 2.45) is 17.8 Å². The van der Waals surface area contributed by atoms with Crippen LogP contribution in [0.3, 0.4) is 0 Å². The van der Waals surface area contributed by atoms with Crippen molar-refractivity contribution in [2.45, 2.75) is 71.9 Å². The van der Waals surface area contributed by atoms with E-state index in [1.807, 2.05) is 0 Å². The van der Waals surface area contributed by atoms with E-state index in [9.17, 15) is 0 Å². The molecule has 21 heavy (non-hydrogen) atoms. The topological polar surface area (TPSA) is 39.9 Å². The molecule has 1 aromatic heterocycles. The average Bonchev–Trinajstić information content (AvgIpc) is 2.83. The van der Waals surface area contributed by atoms with Gasteiger partial charge in [0, 0.05) is 0 Å². The minimum atomic E-state index is 0.0306. The van der Waals surface area contributed by atoms with Crippen LogP contribution in [0.2, 0.25) is 0 Å². The Morgan fingerprint density at radius 3 is 2.48 bits per heavy atom. The van der Waals surface area contributed by atoms with E-state index in [-0.39, 0.29) is 5.54 Å². The molecule has 118 valence electrons. The molecule has 2 aliphatic rings. The van der Waals surface area contributed by atoms with Gasteiger partial charge in [-0.05, 0) is 78.1 Å². The van der Waals surface area contributed by atoms with Crippen molar-refractivity contribution >= 4 is 0 Å². The van der Waals surface area contributed by atoms with E-state index >= 15 is 0 Å².